The quantitative estimate of drug-likeness (QED) is 0.841. The van der Waals surface area contributed by atoms with Gasteiger partial charge in [0.1, 0.15) is 0 Å². The van der Waals surface area contributed by atoms with E-state index in [1.807, 2.05) is 19.2 Å². The third-order valence-electron chi connectivity index (χ3n) is 3.53. The highest BCUT2D eigenvalue weighted by Crippen LogP contribution is 2.23. The zero-order valence-electron chi connectivity index (χ0n) is 10.9. The first kappa shape index (κ1) is 12.9. The van der Waals surface area contributed by atoms with Crippen LogP contribution in [0.25, 0.3) is 0 Å². The first-order valence-electron chi connectivity index (χ1n) is 6.50. The van der Waals surface area contributed by atoms with Gasteiger partial charge in [-0.1, -0.05) is 0 Å². The van der Waals surface area contributed by atoms with E-state index < -0.39 is 0 Å². The Hall–Kier alpha value is -1.55. The van der Waals surface area contributed by atoms with Gasteiger partial charge < -0.3 is 16.0 Å². The zero-order valence-corrected chi connectivity index (χ0v) is 10.9. The molecule has 4 nitrogen and oxygen atoms in total. The van der Waals surface area contributed by atoms with Crippen molar-refractivity contribution >= 4 is 11.6 Å². The van der Waals surface area contributed by atoms with Gasteiger partial charge in [-0.05, 0) is 56.6 Å². The molecule has 1 atom stereocenters. The number of hydrogen-bond donors (Lipinski definition) is 2. The monoisotopic (exact) mass is 247 g/mol. The number of nitrogens with two attached hydrogens (primary N) is 1. The Morgan fingerprint density at radius 1 is 1.44 bits per heavy atom. The summed E-state index contributed by atoms with van der Waals surface area (Å²) in [6.45, 7) is 3.24. The fourth-order valence-electron chi connectivity index (χ4n) is 2.59. The molecule has 98 valence electrons. The summed E-state index contributed by atoms with van der Waals surface area (Å²) < 4.78 is 0. The number of rotatable bonds is 4. The van der Waals surface area contributed by atoms with Crippen LogP contribution in [0.3, 0.4) is 0 Å². The number of piperidine rings is 1. The molecular weight excluding hydrogens is 226 g/mol. The van der Waals surface area contributed by atoms with Crippen LogP contribution >= 0.6 is 0 Å². The molecule has 1 aromatic carbocycles. The fourth-order valence-corrected chi connectivity index (χ4v) is 2.59. The molecule has 0 spiro atoms. The highest BCUT2D eigenvalue weighted by Gasteiger charge is 2.19. The van der Waals surface area contributed by atoms with Gasteiger partial charge in [0, 0.05) is 24.3 Å². The van der Waals surface area contributed by atoms with Crippen molar-refractivity contribution in [2.24, 2.45) is 11.7 Å². The van der Waals surface area contributed by atoms with Crippen LogP contribution in [0.4, 0.5) is 5.69 Å². The molecule has 1 aromatic rings. The second kappa shape index (κ2) is 5.87. The van der Waals surface area contributed by atoms with Crippen LogP contribution < -0.4 is 16.0 Å². The minimum Gasteiger partial charge on any atom is -0.371 e. The smallest absolute Gasteiger partial charge is 0.248 e. The lowest BCUT2D eigenvalue weighted by atomic mass is 9.97. The van der Waals surface area contributed by atoms with Crippen LogP contribution in [0.5, 0.6) is 0 Å². The lowest BCUT2D eigenvalue weighted by Gasteiger charge is -2.34. The Labute approximate surface area is 108 Å². The van der Waals surface area contributed by atoms with Gasteiger partial charge in [-0.3, -0.25) is 4.79 Å². The van der Waals surface area contributed by atoms with Crippen molar-refractivity contribution in [1.82, 2.24) is 5.32 Å². The lowest BCUT2D eigenvalue weighted by molar-refractivity contribution is 0.100. The van der Waals surface area contributed by atoms with Crippen LogP contribution in [-0.4, -0.2) is 32.6 Å². The summed E-state index contributed by atoms with van der Waals surface area (Å²) in [4.78, 5) is 13.4. The average Bonchev–Trinajstić information content (AvgIpc) is 2.39. The summed E-state index contributed by atoms with van der Waals surface area (Å²) in [6.07, 6.45) is 2.51. The fraction of sp³-hybridized carbons (Fsp3) is 0.500. The Kier molecular flexibility index (Phi) is 4.20. The molecular formula is C14H21N3O. The molecule has 3 N–H and O–H groups in total. The van der Waals surface area contributed by atoms with E-state index in [-0.39, 0.29) is 5.91 Å². The number of amides is 1. The van der Waals surface area contributed by atoms with Gasteiger partial charge in [0.05, 0.1) is 0 Å². The van der Waals surface area contributed by atoms with Crippen LogP contribution in [0.15, 0.2) is 24.3 Å². The molecule has 2 rings (SSSR count). The van der Waals surface area contributed by atoms with Crippen LogP contribution in [0.2, 0.25) is 0 Å². The number of nitrogens with one attached hydrogen (secondary N) is 1. The molecule has 0 saturated carbocycles. The van der Waals surface area contributed by atoms with Crippen LogP contribution in [0.1, 0.15) is 23.2 Å². The van der Waals surface area contributed by atoms with Crippen molar-refractivity contribution in [3.8, 4) is 0 Å². The highest BCUT2D eigenvalue weighted by atomic mass is 16.1. The molecule has 18 heavy (non-hydrogen) atoms. The lowest BCUT2D eigenvalue weighted by Crippen LogP contribution is -2.39. The second-order valence-corrected chi connectivity index (χ2v) is 4.92. The van der Waals surface area contributed by atoms with Gasteiger partial charge in [-0.2, -0.15) is 0 Å². The van der Waals surface area contributed by atoms with Gasteiger partial charge in [0.15, 0.2) is 0 Å². The maximum Gasteiger partial charge on any atom is 0.248 e. The first-order chi connectivity index (χ1) is 8.70. The third kappa shape index (κ3) is 3.01. The molecule has 1 aliphatic rings. The first-order valence-corrected chi connectivity index (χ1v) is 6.50. The molecule has 0 radical (unpaired) electrons. The van der Waals surface area contributed by atoms with Crippen molar-refractivity contribution in [2.75, 3.05) is 31.6 Å². The topological polar surface area (TPSA) is 58.4 Å². The predicted octanol–water partition coefficient (Wildman–Crippen LogP) is 1.22. The van der Waals surface area contributed by atoms with E-state index in [1.54, 1.807) is 12.1 Å². The summed E-state index contributed by atoms with van der Waals surface area (Å²) in [7, 11) is 2.00. The number of nitrogens with zero attached hydrogens (tertiary/aromatic N) is 1. The number of carbonyl (C=O) groups excluding carboxylic acids is 1. The Morgan fingerprint density at radius 3 is 2.78 bits per heavy atom. The highest BCUT2D eigenvalue weighted by molar-refractivity contribution is 5.93. The Morgan fingerprint density at radius 2 is 2.17 bits per heavy atom. The van der Waals surface area contributed by atoms with E-state index in [1.165, 1.54) is 18.5 Å². The number of anilines is 1. The molecule has 0 bridgehead atoms. The maximum atomic E-state index is 11.0. The molecule has 1 saturated heterocycles. The van der Waals surface area contributed by atoms with Crippen LogP contribution in [-0.2, 0) is 0 Å². The van der Waals surface area contributed by atoms with Gasteiger partial charge in [0.2, 0.25) is 5.91 Å². The molecule has 0 aliphatic carbocycles. The summed E-state index contributed by atoms with van der Waals surface area (Å²) in [6, 6.07) is 7.59. The van der Waals surface area contributed by atoms with Gasteiger partial charge >= 0.3 is 0 Å². The van der Waals surface area contributed by atoms with Crippen LogP contribution in [0, 0.1) is 5.92 Å². The summed E-state index contributed by atoms with van der Waals surface area (Å²) in [5.41, 5.74) is 7.00. The molecule has 1 fully saturated rings. The SMILES string of the molecule is CNCC1CCCN(c2ccc(C(N)=O)cc2)C1. The number of hydrogen-bond acceptors (Lipinski definition) is 3. The summed E-state index contributed by atoms with van der Waals surface area (Å²) in [5.74, 6) is 0.341. The third-order valence-corrected chi connectivity index (χ3v) is 3.53. The number of benzene rings is 1. The summed E-state index contributed by atoms with van der Waals surface area (Å²) in [5, 5.41) is 3.25. The molecule has 1 amide bonds. The minimum absolute atomic E-state index is 0.367. The molecule has 4 heteroatoms. The molecule has 0 aromatic heterocycles. The van der Waals surface area contributed by atoms with E-state index in [9.17, 15) is 4.79 Å². The van der Waals surface area contributed by atoms with Gasteiger partial charge in [0.25, 0.3) is 0 Å². The molecule has 1 aliphatic heterocycles. The average molecular weight is 247 g/mol. The number of primary amides is 1. The standard InChI is InChI=1S/C14H21N3O/c1-16-9-11-3-2-8-17(10-11)13-6-4-12(5-7-13)14(15)18/h4-7,11,16H,2-3,8-10H2,1H3,(H2,15,18). The van der Waals surface area contributed by atoms with Gasteiger partial charge in [-0.25, -0.2) is 0 Å². The van der Waals surface area contributed by atoms with E-state index in [2.05, 4.69) is 10.2 Å². The van der Waals surface area contributed by atoms with E-state index >= 15 is 0 Å². The molecule has 1 heterocycles. The van der Waals surface area contributed by atoms with Gasteiger partial charge in [-0.15, -0.1) is 0 Å². The van der Waals surface area contributed by atoms with E-state index in [0.29, 0.717) is 11.5 Å². The van der Waals surface area contributed by atoms with Crippen molar-refractivity contribution in [3.05, 3.63) is 29.8 Å². The van der Waals surface area contributed by atoms with Crippen molar-refractivity contribution in [2.45, 2.75) is 12.8 Å². The normalized spacial score (nSPS) is 19.8. The largest absolute Gasteiger partial charge is 0.371 e. The van der Waals surface area contributed by atoms with Crippen molar-refractivity contribution in [1.29, 1.82) is 0 Å². The Bertz CT molecular complexity index is 400. The second-order valence-electron chi connectivity index (χ2n) is 4.92. The summed E-state index contributed by atoms with van der Waals surface area (Å²) >= 11 is 0. The van der Waals surface area contributed by atoms with E-state index in [4.69, 9.17) is 5.73 Å². The maximum absolute atomic E-state index is 11.0. The molecule has 1 unspecified atom stereocenters. The van der Waals surface area contributed by atoms with Crippen molar-refractivity contribution < 1.29 is 4.79 Å². The minimum atomic E-state index is -0.367. The van der Waals surface area contributed by atoms with Crippen molar-refractivity contribution in [3.63, 3.8) is 0 Å². The van der Waals surface area contributed by atoms with E-state index in [0.717, 1.165) is 19.6 Å². The predicted molar refractivity (Wildman–Crippen MR) is 73.8 cm³/mol. The number of carbonyl (C=O) groups is 1. The zero-order chi connectivity index (χ0) is 13.0. The Balaban J connectivity index is 2.04.